The molecule has 0 aliphatic heterocycles. The summed E-state index contributed by atoms with van der Waals surface area (Å²) >= 11 is 6.39. The Balaban J connectivity index is 1.80. The number of hydrogen-bond donors (Lipinski definition) is 1. The fourth-order valence-electron chi connectivity index (χ4n) is 2.23. The van der Waals surface area contributed by atoms with Crippen LogP contribution in [0.1, 0.15) is 27.4 Å². The number of aryl methyl sites for hydroxylation is 2. The van der Waals surface area contributed by atoms with Gasteiger partial charge in [-0.25, -0.2) is 10.1 Å². The maximum atomic E-state index is 12.0. The van der Waals surface area contributed by atoms with Crippen LogP contribution in [-0.2, 0) is 0 Å². The lowest BCUT2D eigenvalue weighted by Gasteiger charge is -2.01. The fraction of sp³-hybridized carbons (Fsp3) is 0.118. The van der Waals surface area contributed by atoms with Gasteiger partial charge in [0.2, 0.25) is 0 Å². The first-order valence-electron chi connectivity index (χ1n) is 7.26. The lowest BCUT2D eigenvalue weighted by Crippen LogP contribution is -2.17. The molecule has 1 N–H and O–H groups in total. The Morgan fingerprint density at radius 3 is 2.71 bits per heavy atom. The molecule has 0 radical (unpaired) electrons. The first-order chi connectivity index (χ1) is 11.6. The highest BCUT2D eigenvalue weighted by molar-refractivity contribution is 6.32. The summed E-state index contributed by atoms with van der Waals surface area (Å²) in [7, 11) is 0. The third-order valence-electron chi connectivity index (χ3n) is 3.51. The monoisotopic (exact) mass is 342 g/mol. The lowest BCUT2D eigenvalue weighted by molar-refractivity contribution is 0.0953. The van der Waals surface area contributed by atoms with Crippen LogP contribution >= 0.6 is 11.6 Å². The molecule has 2 aromatic heterocycles. The number of hydrazone groups is 1. The highest BCUT2D eigenvalue weighted by Crippen LogP contribution is 2.21. The molecular formula is C17H15ClN4O2. The van der Waals surface area contributed by atoms with Crippen LogP contribution in [0.4, 0.5) is 0 Å². The number of nitrogens with one attached hydrogen (secondary N) is 1. The molecule has 0 saturated carbocycles. The molecule has 1 amide bonds. The zero-order valence-corrected chi connectivity index (χ0v) is 13.9. The predicted molar refractivity (Wildman–Crippen MR) is 91.8 cm³/mol. The van der Waals surface area contributed by atoms with E-state index >= 15 is 0 Å². The van der Waals surface area contributed by atoms with Crippen molar-refractivity contribution in [2.75, 3.05) is 0 Å². The van der Waals surface area contributed by atoms with Gasteiger partial charge in [0.15, 0.2) is 0 Å². The first kappa shape index (κ1) is 16.0. The van der Waals surface area contributed by atoms with Crippen molar-refractivity contribution in [2.45, 2.75) is 13.8 Å². The van der Waals surface area contributed by atoms with E-state index in [0.717, 1.165) is 5.69 Å². The molecule has 0 fully saturated rings. The fourth-order valence-corrected chi connectivity index (χ4v) is 2.56. The highest BCUT2D eigenvalue weighted by Gasteiger charge is 2.14. The molecular weight excluding hydrogens is 328 g/mol. The molecule has 2 heterocycles. The molecule has 7 heteroatoms. The van der Waals surface area contributed by atoms with Crippen molar-refractivity contribution in [1.82, 2.24) is 15.2 Å². The Labute approximate surface area is 143 Å². The summed E-state index contributed by atoms with van der Waals surface area (Å²) in [6, 6.07) is 11.1. The molecule has 0 saturated heterocycles. The molecule has 3 aromatic rings. The van der Waals surface area contributed by atoms with Crippen LogP contribution in [0.5, 0.6) is 0 Å². The number of para-hydroxylation sites is 1. The van der Waals surface area contributed by atoms with Crippen LogP contribution in [0.2, 0.25) is 5.15 Å². The number of furan rings is 1. The molecule has 0 atom stereocenters. The number of rotatable bonds is 4. The summed E-state index contributed by atoms with van der Waals surface area (Å²) < 4.78 is 6.72. The van der Waals surface area contributed by atoms with E-state index in [9.17, 15) is 4.79 Å². The molecule has 6 nitrogen and oxygen atoms in total. The number of benzene rings is 1. The quantitative estimate of drug-likeness (QED) is 0.582. The van der Waals surface area contributed by atoms with Gasteiger partial charge in [0.25, 0.3) is 5.91 Å². The maximum absolute atomic E-state index is 12.0. The van der Waals surface area contributed by atoms with Gasteiger partial charge in [-0.15, -0.1) is 0 Å². The molecule has 3 rings (SSSR count). The summed E-state index contributed by atoms with van der Waals surface area (Å²) in [6.07, 6.45) is 2.94. The number of carbonyl (C=O) groups excluding carboxylic acids is 1. The third kappa shape index (κ3) is 3.09. The molecule has 0 spiro atoms. The Morgan fingerprint density at radius 2 is 2.04 bits per heavy atom. The molecule has 0 aliphatic carbocycles. The lowest BCUT2D eigenvalue weighted by atomic mass is 10.2. The second-order valence-electron chi connectivity index (χ2n) is 5.13. The molecule has 0 aliphatic rings. The Hall–Kier alpha value is -2.86. The second kappa shape index (κ2) is 6.72. The predicted octanol–water partition coefficient (Wildman–Crippen LogP) is 3.50. The van der Waals surface area contributed by atoms with Crippen LogP contribution < -0.4 is 5.43 Å². The smallest absolute Gasteiger partial charge is 0.274 e. The summed E-state index contributed by atoms with van der Waals surface area (Å²) in [4.78, 5) is 12.0. The number of aromatic nitrogens is 2. The third-order valence-corrected chi connectivity index (χ3v) is 3.88. The van der Waals surface area contributed by atoms with Crippen molar-refractivity contribution in [3.8, 4) is 5.69 Å². The van der Waals surface area contributed by atoms with Crippen LogP contribution in [0.25, 0.3) is 5.69 Å². The second-order valence-corrected chi connectivity index (χ2v) is 5.48. The summed E-state index contributed by atoms with van der Waals surface area (Å²) in [6.45, 7) is 3.54. The van der Waals surface area contributed by atoms with E-state index in [2.05, 4.69) is 15.6 Å². The minimum atomic E-state index is -0.346. The van der Waals surface area contributed by atoms with E-state index in [1.807, 2.05) is 37.3 Å². The number of hydrogen-bond acceptors (Lipinski definition) is 4. The Morgan fingerprint density at radius 1 is 1.29 bits per heavy atom. The van der Waals surface area contributed by atoms with Gasteiger partial charge in [-0.2, -0.15) is 10.2 Å². The molecule has 1 aromatic carbocycles. The number of amides is 1. The molecule has 122 valence electrons. The molecule has 0 bridgehead atoms. The standard InChI is InChI=1S/C17H15ClN4O2/c1-11-15(10-19-20-17(23)14-8-9-24-12(14)2)16(18)22(21-11)13-6-4-3-5-7-13/h3-10H,1-2H3,(H,20,23)/b19-10-. The molecule has 24 heavy (non-hydrogen) atoms. The summed E-state index contributed by atoms with van der Waals surface area (Å²) in [5.41, 5.74) is 5.10. The topological polar surface area (TPSA) is 72.4 Å². The van der Waals surface area contributed by atoms with Gasteiger partial charge in [-0.3, -0.25) is 4.79 Å². The van der Waals surface area contributed by atoms with E-state index in [1.165, 1.54) is 12.5 Å². The minimum absolute atomic E-state index is 0.346. The van der Waals surface area contributed by atoms with E-state index in [4.69, 9.17) is 16.0 Å². The van der Waals surface area contributed by atoms with Gasteiger partial charge in [0, 0.05) is 0 Å². The van der Waals surface area contributed by atoms with Crippen molar-refractivity contribution in [3.05, 3.63) is 70.4 Å². The van der Waals surface area contributed by atoms with Gasteiger partial charge in [-0.1, -0.05) is 29.8 Å². The Kier molecular flexibility index (Phi) is 4.48. The number of carbonyl (C=O) groups is 1. The van der Waals surface area contributed by atoms with E-state index in [1.54, 1.807) is 17.7 Å². The van der Waals surface area contributed by atoms with Crippen molar-refractivity contribution in [3.63, 3.8) is 0 Å². The van der Waals surface area contributed by atoms with Crippen LogP contribution in [-0.4, -0.2) is 21.9 Å². The average Bonchev–Trinajstić information content (AvgIpc) is 3.13. The van der Waals surface area contributed by atoms with E-state index in [0.29, 0.717) is 27.7 Å². The van der Waals surface area contributed by atoms with Gasteiger partial charge in [-0.05, 0) is 32.0 Å². The molecule has 0 unspecified atom stereocenters. The summed E-state index contributed by atoms with van der Waals surface area (Å²) in [5, 5.41) is 8.80. The van der Waals surface area contributed by atoms with Crippen LogP contribution in [0.3, 0.4) is 0 Å². The van der Waals surface area contributed by atoms with Crippen molar-refractivity contribution in [2.24, 2.45) is 5.10 Å². The largest absolute Gasteiger partial charge is 0.469 e. The van der Waals surface area contributed by atoms with Crippen LogP contribution in [0, 0.1) is 13.8 Å². The Bertz CT molecular complexity index is 897. The van der Waals surface area contributed by atoms with E-state index < -0.39 is 0 Å². The normalized spacial score (nSPS) is 11.1. The SMILES string of the molecule is Cc1nn(-c2ccccc2)c(Cl)c1/C=N\NC(=O)c1ccoc1C. The minimum Gasteiger partial charge on any atom is -0.469 e. The highest BCUT2D eigenvalue weighted by atomic mass is 35.5. The van der Waals surface area contributed by atoms with Gasteiger partial charge in [0.05, 0.1) is 35.0 Å². The number of nitrogens with zero attached hydrogens (tertiary/aromatic N) is 3. The van der Waals surface area contributed by atoms with Crippen molar-refractivity contribution < 1.29 is 9.21 Å². The van der Waals surface area contributed by atoms with Gasteiger partial charge >= 0.3 is 0 Å². The van der Waals surface area contributed by atoms with Crippen LogP contribution in [0.15, 0.2) is 52.2 Å². The first-order valence-corrected chi connectivity index (χ1v) is 7.63. The average molecular weight is 343 g/mol. The van der Waals surface area contributed by atoms with Gasteiger partial charge in [0.1, 0.15) is 10.9 Å². The zero-order valence-electron chi connectivity index (χ0n) is 13.2. The van der Waals surface area contributed by atoms with Gasteiger partial charge < -0.3 is 4.42 Å². The van der Waals surface area contributed by atoms with Crippen molar-refractivity contribution >= 4 is 23.7 Å². The zero-order chi connectivity index (χ0) is 17.1. The van der Waals surface area contributed by atoms with E-state index in [-0.39, 0.29) is 5.91 Å². The van der Waals surface area contributed by atoms with Crippen molar-refractivity contribution in [1.29, 1.82) is 0 Å². The number of halogens is 1. The maximum Gasteiger partial charge on any atom is 0.274 e. The summed E-state index contributed by atoms with van der Waals surface area (Å²) in [5.74, 6) is 0.190.